The summed E-state index contributed by atoms with van der Waals surface area (Å²) in [5, 5.41) is 109. The van der Waals surface area contributed by atoms with Crippen molar-refractivity contribution in [3.8, 4) is 17.6 Å². The van der Waals surface area contributed by atoms with Gasteiger partial charge in [0.1, 0.15) is 97.1 Å². The second-order valence-electron chi connectivity index (χ2n) is 18.8. The molecule has 1 aromatic rings. The molecule has 0 aromatic heterocycles. The van der Waals surface area contributed by atoms with Gasteiger partial charge in [0, 0.05) is 39.2 Å². The molecule has 13 N–H and O–H groups in total. The zero-order chi connectivity index (χ0) is 54.2. The number of hydrogen-bond acceptors (Lipinski definition) is 21. The summed E-state index contributed by atoms with van der Waals surface area (Å²) >= 11 is 0. The number of nitrogens with one attached hydrogen (secondary N) is 4. The maximum atomic E-state index is 13.8. The van der Waals surface area contributed by atoms with Crippen LogP contribution < -0.4 is 26.0 Å². The number of carbonyl (C=O) groups excluding carboxylic acids is 4. The molecule has 0 aliphatic carbocycles. The van der Waals surface area contributed by atoms with Crippen molar-refractivity contribution in [2.24, 2.45) is 0 Å². The second kappa shape index (κ2) is 29.4. The Balaban J connectivity index is 1.33. The summed E-state index contributed by atoms with van der Waals surface area (Å²) < 4.78 is 48.0. The molecule has 4 heterocycles. The Morgan fingerprint density at radius 3 is 1.49 bits per heavy atom. The predicted molar refractivity (Wildman–Crippen MR) is 255 cm³/mol. The minimum Gasteiger partial charge on any atom is -0.494 e. The van der Waals surface area contributed by atoms with Crippen LogP contribution in [0.3, 0.4) is 0 Å². The lowest BCUT2D eigenvalue weighted by Crippen LogP contribution is -2.71. The molecule has 10 unspecified atom stereocenters. The number of benzene rings is 1. The van der Waals surface area contributed by atoms with E-state index >= 15 is 0 Å². The molecule has 25 nitrogen and oxygen atoms in total. The van der Waals surface area contributed by atoms with Crippen LogP contribution in [0.25, 0.3) is 0 Å². The van der Waals surface area contributed by atoms with Gasteiger partial charge in [-0.15, -0.1) is 11.8 Å². The van der Waals surface area contributed by atoms with Gasteiger partial charge in [-0.2, -0.15) is 0 Å². The lowest BCUT2D eigenvalue weighted by Gasteiger charge is -2.51. The van der Waals surface area contributed by atoms with E-state index in [0.29, 0.717) is 25.2 Å². The first-order chi connectivity index (χ1) is 35.4. The van der Waals surface area contributed by atoms with Gasteiger partial charge in [-0.3, -0.25) is 19.2 Å². The third-order valence-corrected chi connectivity index (χ3v) is 13.1. The maximum Gasteiger partial charge on any atom is 0.251 e. The molecule has 0 bridgehead atoms. The van der Waals surface area contributed by atoms with Gasteiger partial charge < -0.3 is 105 Å². The van der Waals surface area contributed by atoms with Crippen LogP contribution in [-0.2, 0) is 47.5 Å². The van der Waals surface area contributed by atoms with Crippen molar-refractivity contribution in [1.29, 1.82) is 0 Å². The van der Waals surface area contributed by atoms with Crippen LogP contribution in [0.5, 0.6) is 5.75 Å². The number of amides is 4. The molecule has 20 atom stereocenters. The average Bonchev–Trinajstić information content (AvgIpc) is 3.36. The van der Waals surface area contributed by atoms with Crippen molar-refractivity contribution >= 4 is 23.6 Å². The van der Waals surface area contributed by atoms with Gasteiger partial charge in [-0.05, 0) is 38.0 Å². The van der Waals surface area contributed by atoms with Crippen molar-refractivity contribution in [3.05, 3.63) is 29.8 Å². The summed E-state index contributed by atoms with van der Waals surface area (Å²) in [6.45, 7) is 4.10. The fourth-order valence-corrected chi connectivity index (χ4v) is 9.32. The molecular weight excluding hydrogens is 981 g/mol. The molecule has 4 amide bonds. The van der Waals surface area contributed by atoms with E-state index in [0.717, 1.165) is 39.5 Å². The number of aliphatic hydroxyl groups excluding tert-OH is 9. The molecule has 0 spiro atoms. The van der Waals surface area contributed by atoms with Crippen molar-refractivity contribution in [1.82, 2.24) is 21.3 Å². The molecular formula is C49H76N4O21. The Hall–Kier alpha value is -4.18. The Morgan fingerprint density at radius 1 is 0.554 bits per heavy atom. The SMILES string of the molecule is CCCCCCC#CCCCOc1cccc(C(=O)N[C@@H]2C(O[C@H]3C(O)C(NC(C)=O)C(OC4C(CO)O[C@@H](O[C@H]5C(O)C(NC(C)=O)C(C)O[C@H]5CO)[C@@H](NC(C)=O)[C@H]4O)O[C@H]3CO)OC(CO)[C@@H](O)[C@@H]2O)c1. The molecule has 4 saturated heterocycles. The highest BCUT2D eigenvalue weighted by Crippen LogP contribution is 2.35. The average molecular weight is 1060 g/mol. The number of ether oxygens (including phenoxy) is 8. The van der Waals surface area contributed by atoms with Crippen LogP contribution in [0.1, 0.15) is 89.9 Å². The lowest BCUT2D eigenvalue weighted by molar-refractivity contribution is -0.359. The van der Waals surface area contributed by atoms with E-state index < -0.39 is 172 Å². The van der Waals surface area contributed by atoms with Crippen LogP contribution in [0.4, 0.5) is 0 Å². The van der Waals surface area contributed by atoms with Crippen molar-refractivity contribution in [2.45, 2.75) is 202 Å². The summed E-state index contributed by atoms with van der Waals surface area (Å²) in [5.74, 6) is 3.93. The van der Waals surface area contributed by atoms with Crippen LogP contribution in [0.2, 0.25) is 0 Å². The predicted octanol–water partition coefficient (Wildman–Crippen LogP) is -3.68. The first-order valence-electron chi connectivity index (χ1n) is 25.1. The maximum absolute atomic E-state index is 13.8. The molecule has 0 radical (unpaired) electrons. The van der Waals surface area contributed by atoms with Gasteiger partial charge in [0.25, 0.3) is 5.91 Å². The molecule has 4 fully saturated rings. The van der Waals surface area contributed by atoms with Crippen molar-refractivity contribution < 1.29 is 103 Å². The van der Waals surface area contributed by atoms with E-state index in [1.165, 1.54) is 25.5 Å². The topological polar surface area (TPSA) is 372 Å². The Labute approximate surface area is 429 Å². The molecule has 74 heavy (non-hydrogen) atoms. The van der Waals surface area contributed by atoms with Gasteiger partial charge >= 0.3 is 0 Å². The van der Waals surface area contributed by atoms with Crippen LogP contribution >= 0.6 is 0 Å². The fourth-order valence-electron chi connectivity index (χ4n) is 9.32. The Morgan fingerprint density at radius 2 is 1.00 bits per heavy atom. The highest BCUT2D eigenvalue weighted by Gasteiger charge is 2.56. The van der Waals surface area contributed by atoms with Gasteiger partial charge in [-0.1, -0.05) is 32.3 Å². The Bertz CT molecular complexity index is 2010. The summed E-state index contributed by atoms with van der Waals surface area (Å²) in [5.41, 5.74) is 0.0768. The van der Waals surface area contributed by atoms with E-state index in [-0.39, 0.29) is 5.56 Å². The third-order valence-electron chi connectivity index (χ3n) is 13.1. The molecule has 25 heteroatoms. The van der Waals surface area contributed by atoms with Gasteiger partial charge in [0.05, 0.1) is 45.2 Å². The number of carbonyl (C=O) groups is 4. The van der Waals surface area contributed by atoms with E-state index in [1.807, 2.05) is 0 Å². The fraction of sp³-hybridized carbons (Fsp3) is 0.755. The number of unbranched alkanes of at least 4 members (excludes halogenated alkanes) is 5. The molecule has 4 aliphatic rings. The molecule has 0 saturated carbocycles. The van der Waals surface area contributed by atoms with Gasteiger partial charge in [-0.25, -0.2) is 0 Å². The number of aliphatic hydroxyl groups is 9. The second-order valence-corrected chi connectivity index (χ2v) is 18.8. The minimum atomic E-state index is -1.92. The molecule has 1 aromatic carbocycles. The van der Waals surface area contributed by atoms with E-state index in [1.54, 1.807) is 19.1 Å². The quantitative estimate of drug-likeness (QED) is 0.0371. The standard InChI is InChI=1S/C49H76N4O21/c1-6-7-8-9-10-11-12-13-14-18-67-29-17-15-16-28(19-29)46(66)53-35-39(62)38(61)30(20-54)69-47(35)73-44-32(22-56)71-49(37(41(44)64)52-27(5)60)74-45-33(23-57)70-48(36(42(45)65)51-26(4)59)72-43-31(21-55)68-24(2)34(40(43)63)50-25(3)58/h15-17,19,24,30-45,47-49,54-57,61-65H,6-10,13-14,18,20-23H2,1-5H3,(H,50,58)(H,51,59)(H,52,60)(H,53,66)/t24?,30?,31-,32-,33?,34?,35-,36-,37?,38+,39+,40?,41?,42+,43+,44+,45?,47?,48-,49?/m0/s1. The number of rotatable bonds is 23. The summed E-state index contributed by atoms with van der Waals surface area (Å²) in [4.78, 5) is 51.0. The first kappa shape index (κ1) is 60.7. The van der Waals surface area contributed by atoms with Gasteiger partial charge in [0.2, 0.25) is 17.7 Å². The highest BCUT2D eigenvalue weighted by atomic mass is 16.8. The summed E-state index contributed by atoms with van der Waals surface area (Å²) in [6, 6.07) is 0.307. The van der Waals surface area contributed by atoms with E-state index in [2.05, 4.69) is 40.0 Å². The Kier molecular flexibility index (Phi) is 24.1. The smallest absolute Gasteiger partial charge is 0.251 e. The highest BCUT2D eigenvalue weighted by molar-refractivity contribution is 5.94. The molecule has 418 valence electrons. The van der Waals surface area contributed by atoms with Crippen molar-refractivity contribution in [2.75, 3.05) is 33.0 Å². The lowest BCUT2D eigenvalue weighted by atomic mass is 9.92. The van der Waals surface area contributed by atoms with Crippen LogP contribution in [-0.4, -0.2) is 225 Å². The molecule has 5 rings (SSSR count). The first-order valence-corrected chi connectivity index (χ1v) is 25.1. The van der Waals surface area contributed by atoms with E-state index in [9.17, 15) is 65.1 Å². The van der Waals surface area contributed by atoms with E-state index in [4.69, 9.17) is 37.9 Å². The monoisotopic (exact) mass is 1060 g/mol. The zero-order valence-electron chi connectivity index (χ0n) is 42.3. The largest absolute Gasteiger partial charge is 0.494 e. The zero-order valence-corrected chi connectivity index (χ0v) is 42.3. The summed E-state index contributed by atoms with van der Waals surface area (Å²) in [7, 11) is 0. The van der Waals surface area contributed by atoms with Crippen LogP contribution in [0, 0.1) is 11.8 Å². The summed E-state index contributed by atoms with van der Waals surface area (Å²) in [6.07, 6.45) is -19.0. The molecule has 4 aliphatic heterocycles. The van der Waals surface area contributed by atoms with Crippen LogP contribution in [0.15, 0.2) is 24.3 Å². The third kappa shape index (κ3) is 15.9. The van der Waals surface area contributed by atoms with Gasteiger partial charge in [0.15, 0.2) is 18.9 Å². The van der Waals surface area contributed by atoms with Crippen molar-refractivity contribution in [3.63, 3.8) is 0 Å². The normalized spacial score (nSPS) is 36.1. The number of hydrogen-bond donors (Lipinski definition) is 13. The minimum absolute atomic E-state index is 0.0768.